The van der Waals surface area contributed by atoms with E-state index in [0.29, 0.717) is 23.0 Å². The number of aromatic nitrogens is 3. The van der Waals surface area contributed by atoms with E-state index in [-0.39, 0.29) is 17.1 Å². The molecular weight excluding hydrogens is 470 g/mol. The predicted octanol–water partition coefficient (Wildman–Crippen LogP) is 6.60. The smallest absolute Gasteiger partial charge is 0.229 e. The molecule has 37 heavy (non-hydrogen) atoms. The van der Waals surface area contributed by atoms with E-state index in [2.05, 4.69) is 38.3 Å². The lowest BCUT2D eigenvalue weighted by Crippen LogP contribution is -2.29. The molecule has 1 saturated heterocycles. The molecule has 1 spiro atoms. The molecule has 2 aliphatic heterocycles. The minimum atomic E-state index is -0.595. The van der Waals surface area contributed by atoms with Crippen LogP contribution in [0.3, 0.4) is 0 Å². The van der Waals surface area contributed by atoms with Gasteiger partial charge in [-0.15, -0.1) is 0 Å². The maximum Gasteiger partial charge on any atom is 0.229 e. The Labute approximate surface area is 216 Å². The summed E-state index contributed by atoms with van der Waals surface area (Å²) in [6, 6.07) is 7.24. The van der Waals surface area contributed by atoms with Gasteiger partial charge in [0, 0.05) is 22.4 Å². The van der Waals surface area contributed by atoms with Gasteiger partial charge in [-0.3, -0.25) is 4.99 Å². The van der Waals surface area contributed by atoms with Gasteiger partial charge in [0.05, 0.1) is 6.20 Å². The van der Waals surface area contributed by atoms with Crippen LogP contribution in [-0.2, 0) is 5.41 Å². The second-order valence-corrected chi connectivity index (χ2v) is 10.8. The third kappa shape index (κ3) is 4.21. The molecule has 0 radical (unpaired) electrons. The molecule has 2 fully saturated rings. The van der Waals surface area contributed by atoms with Gasteiger partial charge in [-0.25, -0.2) is 23.7 Å². The minimum Gasteiger partial charge on any atom is -0.309 e. The number of pyridine rings is 1. The van der Waals surface area contributed by atoms with Crippen LogP contribution in [0.1, 0.15) is 68.2 Å². The molecule has 3 aliphatic rings. The van der Waals surface area contributed by atoms with Crippen LogP contribution in [0.25, 0.3) is 11.3 Å². The Morgan fingerprint density at radius 2 is 1.76 bits per heavy atom. The SMILES string of the molecule is CC1=Nc2c(F)cc(-c3nc(Nc4ccc(C5CCN(C)CC5)c(C)n4)ncc3F)cc2C12CCCC2. The molecule has 0 bridgehead atoms. The maximum absolute atomic E-state index is 15.2. The van der Waals surface area contributed by atoms with Crippen molar-refractivity contribution in [3.05, 3.63) is 58.9 Å². The summed E-state index contributed by atoms with van der Waals surface area (Å²) in [6.45, 7) is 6.18. The van der Waals surface area contributed by atoms with Gasteiger partial charge in [0.25, 0.3) is 0 Å². The normalized spacial score (nSPS) is 19.3. The Morgan fingerprint density at radius 1 is 1.00 bits per heavy atom. The first-order valence-electron chi connectivity index (χ1n) is 13.2. The molecule has 1 N–H and O–H groups in total. The number of aliphatic imine (C=N–C) groups is 1. The van der Waals surface area contributed by atoms with E-state index < -0.39 is 11.6 Å². The second-order valence-electron chi connectivity index (χ2n) is 10.8. The number of nitrogens with one attached hydrogen (secondary N) is 1. The molecule has 6 nitrogen and oxygen atoms in total. The fourth-order valence-electron chi connectivity index (χ4n) is 6.43. The molecule has 2 aromatic heterocycles. The van der Waals surface area contributed by atoms with Crippen LogP contribution in [-0.4, -0.2) is 45.7 Å². The predicted molar refractivity (Wildman–Crippen MR) is 142 cm³/mol. The van der Waals surface area contributed by atoms with Gasteiger partial charge < -0.3 is 10.2 Å². The largest absolute Gasteiger partial charge is 0.309 e. The molecule has 1 aromatic carbocycles. The molecule has 1 saturated carbocycles. The quantitative estimate of drug-likeness (QED) is 0.436. The van der Waals surface area contributed by atoms with E-state index in [9.17, 15) is 4.39 Å². The van der Waals surface area contributed by atoms with Crippen molar-refractivity contribution < 1.29 is 8.78 Å². The molecular formula is C29H32F2N6. The Bertz CT molecular complexity index is 1390. The third-order valence-corrected chi connectivity index (χ3v) is 8.55. The van der Waals surface area contributed by atoms with Gasteiger partial charge in [0.1, 0.15) is 23.0 Å². The summed E-state index contributed by atoms with van der Waals surface area (Å²) in [6.07, 6.45) is 7.42. The molecule has 6 rings (SSSR count). The van der Waals surface area contributed by atoms with Crippen LogP contribution in [0.5, 0.6) is 0 Å². The number of likely N-dealkylation sites (tertiary alicyclic amines) is 1. The van der Waals surface area contributed by atoms with Crippen LogP contribution >= 0.6 is 0 Å². The first-order valence-corrected chi connectivity index (χ1v) is 13.2. The van der Waals surface area contributed by atoms with Crippen molar-refractivity contribution in [2.75, 3.05) is 25.5 Å². The number of hydrogen-bond acceptors (Lipinski definition) is 6. The zero-order chi connectivity index (χ0) is 25.7. The van der Waals surface area contributed by atoms with Gasteiger partial charge in [0.2, 0.25) is 5.95 Å². The van der Waals surface area contributed by atoms with E-state index in [4.69, 9.17) is 4.98 Å². The summed E-state index contributed by atoms with van der Waals surface area (Å²) in [5.41, 5.74) is 4.66. The number of fused-ring (bicyclic) bond motifs is 2. The summed E-state index contributed by atoms with van der Waals surface area (Å²) in [5.74, 6) is 0.296. The van der Waals surface area contributed by atoms with Crippen molar-refractivity contribution >= 4 is 23.2 Å². The fourth-order valence-corrected chi connectivity index (χ4v) is 6.43. The van der Waals surface area contributed by atoms with E-state index in [1.165, 1.54) is 11.6 Å². The van der Waals surface area contributed by atoms with Crippen LogP contribution in [0.4, 0.5) is 26.2 Å². The van der Waals surface area contributed by atoms with Crippen molar-refractivity contribution in [3.63, 3.8) is 0 Å². The lowest BCUT2D eigenvalue weighted by atomic mass is 9.76. The standard InChI is InChI=1S/C29H32F2N6/c1-17-21(19-8-12-37(3)13-9-19)6-7-25(33-17)35-28-32-16-24(31)26(36-28)20-14-22-27(23(30)15-20)34-18(2)29(22)10-4-5-11-29/h6-7,14-16,19H,4-5,8-13H2,1-3H3,(H,32,33,35,36). The van der Waals surface area contributed by atoms with Crippen molar-refractivity contribution in [2.45, 2.75) is 63.7 Å². The number of piperidine rings is 1. The number of nitrogens with zero attached hydrogens (tertiary/aromatic N) is 5. The van der Waals surface area contributed by atoms with Crippen molar-refractivity contribution in [2.24, 2.45) is 4.99 Å². The van der Waals surface area contributed by atoms with Crippen LogP contribution < -0.4 is 5.32 Å². The molecule has 0 amide bonds. The molecule has 0 atom stereocenters. The number of hydrogen-bond donors (Lipinski definition) is 1. The molecule has 8 heteroatoms. The number of benzene rings is 1. The molecule has 3 aromatic rings. The summed E-state index contributed by atoms with van der Waals surface area (Å²) in [5, 5.41) is 3.12. The first kappa shape index (κ1) is 24.1. The van der Waals surface area contributed by atoms with Crippen LogP contribution in [0.2, 0.25) is 0 Å². The zero-order valence-corrected chi connectivity index (χ0v) is 21.6. The highest BCUT2D eigenvalue weighted by molar-refractivity contribution is 6.01. The van der Waals surface area contributed by atoms with Gasteiger partial charge in [-0.05, 0) is 94.9 Å². The summed E-state index contributed by atoms with van der Waals surface area (Å²) >= 11 is 0. The van der Waals surface area contributed by atoms with Gasteiger partial charge in [-0.1, -0.05) is 18.9 Å². The Hall–Kier alpha value is -3.26. The monoisotopic (exact) mass is 502 g/mol. The molecule has 4 heterocycles. The lowest BCUT2D eigenvalue weighted by molar-refractivity contribution is 0.255. The number of anilines is 2. The topological polar surface area (TPSA) is 66.3 Å². The third-order valence-electron chi connectivity index (χ3n) is 8.55. The average Bonchev–Trinajstić information content (AvgIpc) is 3.48. The minimum absolute atomic E-state index is 0.0663. The molecule has 1 aliphatic carbocycles. The van der Waals surface area contributed by atoms with E-state index >= 15 is 4.39 Å². The van der Waals surface area contributed by atoms with Crippen molar-refractivity contribution in [3.8, 4) is 11.3 Å². The van der Waals surface area contributed by atoms with E-state index in [1.54, 1.807) is 0 Å². The summed E-state index contributed by atoms with van der Waals surface area (Å²) < 4.78 is 30.1. The van der Waals surface area contributed by atoms with Gasteiger partial charge in [-0.2, -0.15) is 0 Å². The maximum atomic E-state index is 15.2. The van der Waals surface area contributed by atoms with Crippen molar-refractivity contribution in [1.82, 2.24) is 19.9 Å². The summed E-state index contributed by atoms with van der Waals surface area (Å²) in [4.78, 5) is 20.2. The number of halogens is 2. The Balaban J connectivity index is 1.29. The van der Waals surface area contributed by atoms with Crippen LogP contribution in [0.15, 0.2) is 35.5 Å². The lowest BCUT2D eigenvalue weighted by Gasteiger charge is -2.29. The van der Waals surface area contributed by atoms with Gasteiger partial charge >= 0.3 is 0 Å². The van der Waals surface area contributed by atoms with Crippen LogP contribution in [0, 0.1) is 18.6 Å². The van der Waals surface area contributed by atoms with E-state index in [1.807, 2.05) is 26.0 Å². The first-order chi connectivity index (χ1) is 17.8. The molecule has 192 valence electrons. The number of aryl methyl sites for hydroxylation is 1. The molecule has 0 unspecified atom stereocenters. The van der Waals surface area contributed by atoms with Gasteiger partial charge in [0.15, 0.2) is 5.82 Å². The highest BCUT2D eigenvalue weighted by Gasteiger charge is 2.44. The zero-order valence-electron chi connectivity index (χ0n) is 21.6. The Morgan fingerprint density at radius 3 is 2.49 bits per heavy atom. The van der Waals surface area contributed by atoms with Crippen molar-refractivity contribution in [1.29, 1.82) is 0 Å². The Kier molecular flexibility index (Phi) is 6.02. The second kappa shape index (κ2) is 9.24. The van der Waals surface area contributed by atoms with E-state index in [0.717, 1.165) is 74.8 Å². The highest BCUT2D eigenvalue weighted by Crippen LogP contribution is 2.52. The summed E-state index contributed by atoms with van der Waals surface area (Å²) in [7, 11) is 2.16. The highest BCUT2D eigenvalue weighted by atomic mass is 19.1. The number of rotatable bonds is 4. The fraction of sp³-hybridized carbons (Fsp3) is 0.448. The average molecular weight is 503 g/mol.